The fourth-order valence-corrected chi connectivity index (χ4v) is 3.40. The minimum atomic E-state index is 0.0203. The lowest BCUT2D eigenvalue weighted by Gasteiger charge is -2.25. The van der Waals surface area contributed by atoms with Gasteiger partial charge in [-0.2, -0.15) is 0 Å². The smallest absolute Gasteiger partial charge is 0.257 e. The molecule has 1 aliphatic carbocycles. The second-order valence-corrected chi connectivity index (χ2v) is 7.61. The van der Waals surface area contributed by atoms with Crippen LogP contribution in [0.3, 0.4) is 0 Å². The van der Waals surface area contributed by atoms with Gasteiger partial charge in [0.15, 0.2) is 0 Å². The summed E-state index contributed by atoms with van der Waals surface area (Å²) in [7, 11) is 0. The van der Waals surface area contributed by atoms with E-state index in [2.05, 4.69) is 37.6 Å². The number of nitrogens with one attached hydrogen (secondary N) is 2. The van der Waals surface area contributed by atoms with Gasteiger partial charge in [0.2, 0.25) is 0 Å². The summed E-state index contributed by atoms with van der Waals surface area (Å²) in [4.78, 5) is 12.6. The Morgan fingerprint density at radius 3 is 2.68 bits per heavy atom. The van der Waals surface area contributed by atoms with E-state index in [1.54, 1.807) is 18.0 Å². The van der Waals surface area contributed by atoms with Gasteiger partial charge in [-0.05, 0) is 49.6 Å². The van der Waals surface area contributed by atoms with Crippen molar-refractivity contribution in [2.24, 2.45) is 17.8 Å². The number of rotatable bonds is 12. The minimum absolute atomic E-state index is 0.0203. The molecule has 126 valence electrons. The Morgan fingerprint density at radius 1 is 1.36 bits per heavy atom. The zero-order valence-electron chi connectivity index (χ0n) is 14.2. The van der Waals surface area contributed by atoms with Crippen LogP contribution in [0, 0.1) is 17.8 Å². The lowest BCUT2D eigenvalue weighted by molar-refractivity contribution is -0.117. The minimum Gasteiger partial charge on any atom is -0.391 e. The zero-order chi connectivity index (χ0) is 16.4. The summed E-state index contributed by atoms with van der Waals surface area (Å²) in [5, 5.41) is 6.14. The van der Waals surface area contributed by atoms with Crippen molar-refractivity contribution in [3.05, 3.63) is 24.3 Å². The van der Waals surface area contributed by atoms with Crippen LogP contribution in [-0.4, -0.2) is 24.7 Å². The average Bonchev–Trinajstić information content (AvgIpc) is 2.46. The van der Waals surface area contributed by atoms with Crippen molar-refractivity contribution in [1.29, 1.82) is 0 Å². The maximum atomic E-state index is 12.0. The molecule has 0 aromatic carbocycles. The maximum Gasteiger partial charge on any atom is 0.257 e. The molecule has 0 heterocycles. The molecule has 1 aliphatic rings. The molecule has 22 heavy (non-hydrogen) atoms. The molecule has 1 fully saturated rings. The van der Waals surface area contributed by atoms with Crippen LogP contribution in [-0.2, 0) is 4.79 Å². The highest BCUT2D eigenvalue weighted by Crippen LogP contribution is 2.26. The van der Waals surface area contributed by atoms with Gasteiger partial charge >= 0.3 is 0 Å². The van der Waals surface area contributed by atoms with Crippen LogP contribution in [0.25, 0.3) is 0 Å². The number of carbonyl (C=O) groups is 1. The van der Waals surface area contributed by atoms with Gasteiger partial charge in [0, 0.05) is 18.8 Å². The van der Waals surface area contributed by atoms with Crippen molar-refractivity contribution < 1.29 is 4.79 Å². The molecule has 4 heteroatoms. The van der Waals surface area contributed by atoms with E-state index in [1.165, 1.54) is 25.7 Å². The molecule has 0 bridgehead atoms. The molecular weight excluding hydrogens is 292 g/mol. The van der Waals surface area contributed by atoms with Crippen molar-refractivity contribution in [2.45, 2.75) is 46.0 Å². The van der Waals surface area contributed by atoms with E-state index >= 15 is 0 Å². The molecule has 0 saturated heterocycles. The molecule has 0 aromatic heterocycles. The van der Waals surface area contributed by atoms with Gasteiger partial charge in [-0.15, -0.1) is 11.8 Å². The van der Waals surface area contributed by atoms with Gasteiger partial charge in [0.1, 0.15) is 0 Å². The molecule has 1 saturated carbocycles. The molecule has 0 aromatic rings. The quantitative estimate of drug-likeness (QED) is 0.422. The molecular formula is C18H32N2OS. The molecule has 1 rings (SSSR count). The van der Waals surface area contributed by atoms with E-state index in [0.29, 0.717) is 22.7 Å². The molecule has 0 aliphatic heterocycles. The first kappa shape index (κ1) is 19.1. The number of carbonyl (C=O) groups excluding carboxylic acids is 1. The molecule has 2 N–H and O–H groups in total. The first-order chi connectivity index (χ1) is 10.5. The number of thioether (sulfide) groups is 1. The highest BCUT2D eigenvalue weighted by atomic mass is 32.2. The van der Waals surface area contributed by atoms with Crippen molar-refractivity contribution >= 4 is 17.7 Å². The Morgan fingerprint density at radius 2 is 2.09 bits per heavy atom. The second kappa shape index (κ2) is 10.8. The summed E-state index contributed by atoms with van der Waals surface area (Å²) in [6.45, 7) is 13.9. The Bertz CT molecular complexity index is 366. The highest BCUT2D eigenvalue weighted by molar-refractivity contribution is 8.03. The Hall–Kier alpha value is -0.900. The molecule has 2 unspecified atom stereocenters. The highest BCUT2D eigenvalue weighted by Gasteiger charge is 2.19. The first-order valence-corrected chi connectivity index (χ1v) is 9.47. The van der Waals surface area contributed by atoms with Gasteiger partial charge in [0.25, 0.3) is 5.91 Å². The van der Waals surface area contributed by atoms with E-state index in [4.69, 9.17) is 0 Å². The molecule has 1 amide bonds. The Labute approximate surface area is 140 Å². The third kappa shape index (κ3) is 7.39. The van der Waals surface area contributed by atoms with E-state index < -0.39 is 0 Å². The summed E-state index contributed by atoms with van der Waals surface area (Å²) >= 11 is 1.60. The van der Waals surface area contributed by atoms with Crippen LogP contribution in [0.4, 0.5) is 0 Å². The van der Waals surface area contributed by atoms with E-state index in [0.717, 1.165) is 25.3 Å². The predicted octanol–water partition coefficient (Wildman–Crippen LogP) is 3.94. The van der Waals surface area contributed by atoms with E-state index in [9.17, 15) is 4.79 Å². The maximum absolute atomic E-state index is 12.0. The fraction of sp³-hybridized carbons (Fsp3) is 0.722. The number of hydrogen-bond donors (Lipinski definition) is 2. The lowest BCUT2D eigenvalue weighted by Crippen LogP contribution is -2.32. The van der Waals surface area contributed by atoms with Crippen molar-refractivity contribution in [3.63, 3.8) is 0 Å². The van der Waals surface area contributed by atoms with Crippen LogP contribution >= 0.6 is 11.8 Å². The molecule has 2 atom stereocenters. The van der Waals surface area contributed by atoms with Crippen LogP contribution in [0.1, 0.15) is 46.0 Å². The third-order valence-electron chi connectivity index (χ3n) is 4.65. The Kier molecular flexibility index (Phi) is 9.37. The lowest BCUT2D eigenvalue weighted by atomic mass is 9.85. The Balaban J connectivity index is 2.12. The SMILES string of the molecule is C=CNCCCC(C)C(C)CSC(=C)C(=O)NCC1CCC1. The van der Waals surface area contributed by atoms with Gasteiger partial charge < -0.3 is 10.6 Å². The van der Waals surface area contributed by atoms with E-state index in [1.807, 2.05) is 0 Å². The first-order valence-electron chi connectivity index (χ1n) is 8.48. The van der Waals surface area contributed by atoms with Gasteiger partial charge in [0.05, 0.1) is 4.91 Å². The van der Waals surface area contributed by atoms with Gasteiger partial charge in [-0.25, -0.2) is 0 Å². The van der Waals surface area contributed by atoms with E-state index in [-0.39, 0.29) is 5.91 Å². The standard InChI is InChI=1S/C18H32N2OS/c1-5-19-11-7-8-14(2)15(3)13-22-16(4)18(21)20-12-17-9-6-10-17/h5,14-15,17,19H,1,4,6-13H2,2-3H3,(H,20,21). The summed E-state index contributed by atoms with van der Waals surface area (Å²) < 4.78 is 0. The van der Waals surface area contributed by atoms with Crippen LogP contribution in [0.5, 0.6) is 0 Å². The van der Waals surface area contributed by atoms with Crippen LogP contribution < -0.4 is 10.6 Å². The largest absolute Gasteiger partial charge is 0.391 e. The predicted molar refractivity (Wildman–Crippen MR) is 97.7 cm³/mol. The normalized spacial score (nSPS) is 17.2. The zero-order valence-corrected chi connectivity index (χ0v) is 15.0. The van der Waals surface area contributed by atoms with Crippen molar-refractivity contribution in [1.82, 2.24) is 10.6 Å². The molecule has 0 radical (unpaired) electrons. The van der Waals surface area contributed by atoms with Crippen LogP contribution in [0.15, 0.2) is 24.3 Å². The van der Waals surface area contributed by atoms with Gasteiger partial charge in [-0.3, -0.25) is 4.79 Å². The van der Waals surface area contributed by atoms with Crippen molar-refractivity contribution in [2.75, 3.05) is 18.8 Å². The third-order valence-corrected chi connectivity index (χ3v) is 5.87. The topological polar surface area (TPSA) is 41.1 Å². The molecule has 3 nitrogen and oxygen atoms in total. The van der Waals surface area contributed by atoms with Crippen LogP contribution in [0.2, 0.25) is 0 Å². The fourth-order valence-electron chi connectivity index (χ4n) is 2.41. The van der Waals surface area contributed by atoms with Crippen molar-refractivity contribution in [3.8, 4) is 0 Å². The second-order valence-electron chi connectivity index (χ2n) is 6.50. The van der Waals surface area contributed by atoms with Gasteiger partial charge in [-0.1, -0.05) is 33.4 Å². The average molecular weight is 325 g/mol. The summed E-state index contributed by atoms with van der Waals surface area (Å²) in [5.74, 6) is 2.93. The summed E-state index contributed by atoms with van der Waals surface area (Å²) in [5.41, 5.74) is 0. The summed E-state index contributed by atoms with van der Waals surface area (Å²) in [6, 6.07) is 0. The number of amides is 1. The molecule has 0 spiro atoms. The number of hydrogen-bond acceptors (Lipinski definition) is 3. The summed E-state index contributed by atoms with van der Waals surface area (Å²) in [6.07, 6.45) is 7.93. The monoisotopic (exact) mass is 324 g/mol.